The number of carbonyl (C=O) groups is 3. The molecule has 0 radical (unpaired) electrons. The van der Waals surface area contributed by atoms with E-state index in [1.807, 2.05) is 20.8 Å². The lowest BCUT2D eigenvalue weighted by molar-refractivity contribution is 0.0366. The highest BCUT2D eigenvalue weighted by Gasteiger charge is 2.34. The van der Waals surface area contributed by atoms with Crippen LogP contribution in [0.15, 0.2) is 18.2 Å². The van der Waals surface area contributed by atoms with E-state index in [1.54, 1.807) is 42.0 Å². The van der Waals surface area contributed by atoms with Crippen molar-refractivity contribution in [3.8, 4) is 5.75 Å². The van der Waals surface area contributed by atoms with E-state index in [1.165, 1.54) is 6.42 Å². The van der Waals surface area contributed by atoms with E-state index in [4.69, 9.17) is 4.74 Å². The van der Waals surface area contributed by atoms with Gasteiger partial charge in [0.1, 0.15) is 11.9 Å². The summed E-state index contributed by atoms with van der Waals surface area (Å²) in [5.74, 6) is -0.00355. The van der Waals surface area contributed by atoms with Crippen molar-refractivity contribution >= 4 is 23.7 Å². The summed E-state index contributed by atoms with van der Waals surface area (Å²) in [6.07, 6.45) is 4.98. The number of hydrogen-bond acceptors (Lipinski definition) is 5. The van der Waals surface area contributed by atoms with Crippen LogP contribution in [0.3, 0.4) is 0 Å². The minimum absolute atomic E-state index is 0.00565. The summed E-state index contributed by atoms with van der Waals surface area (Å²) in [5.41, 5.74) is 0.793. The van der Waals surface area contributed by atoms with Crippen molar-refractivity contribution in [3.63, 3.8) is 0 Å². The number of ether oxygens (including phenoxy) is 1. The van der Waals surface area contributed by atoms with E-state index in [9.17, 15) is 19.5 Å². The maximum atomic E-state index is 13.6. The minimum atomic E-state index is -0.408. The second kappa shape index (κ2) is 13.0. The van der Waals surface area contributed by atoms with Gasteiger partial charge in [0, 0.05) is 37.3 Å². The molecule has 5 amide bonds. The van der Waals surface area contributed by atoms with Gasteiger partial charge in [0.25, 0.3) is 5.91 Å². The molecule has 10 nitrogen and oxygen atoms in total. The third-order valence-electron chi connectivity index (χ3n) is 7.08. The number of amides is 5. The number of aliphatic hydroxyl groups excluding tert-OH is 1. The number of hydrogen-bond donors (Lipinski definition) is 4. The van der Waals surface area contributed by atoms with E-state index in [2.05, 4.69) is 16.0 Å². The molecule has 0 spiro atoms. The van der Waals surface area contributed by atoms with E-state index >= 15 is 0 Å². The molecule has 2 aliphatic rings. The van der Waals surface area contributed by atoms with Gasteiger partial charge in [0.15, 0.2) is 0 Å². The molecule has 10 heteroatoms. The van der Waals surface area contributed by atoms with E-state index < -0.39 is 12.1 Å². The molecule has 1 heterocycles. The molecule has 1 fully saturated rings. The van der Waals surface area contributed by atoms with Crippen LogP contribution >= 0.6 is 0 Å². The van der Waals surface area contributed by atoms with Crippen molar-refractivity contribution < 1.29 is 24.2 Å². The van der Waals surface area contributed by atoms with E-state index in [0.29, 0.717) is 30.1 Å². The molecule has 1 aromatic rings. The van der Waals surface area contributed by atoms with Crippen molar-refractivity contribution in [2.75, 3.05) is 32.1 Å². The lowest BCUT2D eigenvalue weighted by Gasteiger charge is -2.38. The van der Waals surface area contributed by atoms with Crippen LogP contribution in [0, 0.1) is 5.92 Å². The Bertz CT molecular complexity index is 949. The van der Waals surface area contributed by atoms with Gasteiger partial charge in [-0.05, 0) is 51.8 Å². The zero-order valence-electron chi connectivity index (χ0n) is 22.8. The Labute approximate surface area is 220 Å². The summed E-state index contributed by atoms with van der Waals surface area (Å²) >= 11 is 0. The third-order valence-corrected chi connectivity index (χ3v) is 7.08. The fourth-order valence-corrected chi connectivity index (χ4v) is 4.83. The number of urea groups is 2. The third kappa shape index (κ3) is 7.74. The quantitative estimate of drug-likeness (QED) is 0.441. The number of rotatable bonds is 7. The molecule has 3 atom stereocenters. The number of benzene rings is 1. The lowest BCUT2D eigenvalue weighted by Crippen LogP contribution is -2.51. The van der Waals surface area contributed by atoms with Gasteiger partial charge in [-0.25, -0.2) is 9.59 Å². The van der Waals surface area contributed by atoms with Crippen molar-refractivity contribution in [1.29, 1.82) is 0 Å². The molecular weight excluding hydrogens is 474 g/mol. The highest BCUT2D eigenvalue weighted by molar-refractivity contribution is 5.99. The first kappa shape index (κ1) is 28.6. The van der Waals surface area contributed by atoms with Crippen LogP contribution in [0.25, 0.3) is 0 Å². The molecule has 37 heavy (non-hydrogen) atoms. The number of nitrogens with zero attached hydrogens (tertiary/aromatic N) is 2. The molecular formula is C27H43N5O5. The second-order valence-corrected chi connectivity index (χ2v) is 10.8. The highest BCUT2D eigenvalue weighted by atomic mass is 16.5. The van der Waals surface area contributed by atoms with Gasteiger partial charge in [-0.1, -0.05) is 26.2 Å². The standard InChI is InChI=1S/C27H43N5O5/c1-17(2)28-27(36)31(5)15-24-18(3)14-32(19(4)16-33)25(34)22-13-21(11-12-23(22)37-24)30-26(35)29-20-9-7-6-8-10-20/h11-13,17-20,24,33H,6-10,14-16H2,1-5H3,(H,28,36)(H2,29,30,35)/t18-,19-,24+/m1/s1. The topological polar surface area (TPSA) is 123 Å². The SMILES string of the molecule is CC(C)NC(=O)N(C)C[C@@H]1Oc2ccc(NC(=O)NC3CCCCC3)cc2C(=O)N([C@H](C)CO)C[C@H]1C. The van der Waals surface area contributed by atoms with Gasteiger partial charge < -0.3 is 35.6 Å². The van der Waals surface area contributed by atoms with E-state index in [-0.39, 0.29) is 42.6 Å². The number of anilines is 1. The molecule has 1 aliphatic heterocycles. The fraction of sp³-hybridized carbons (Fsp3) is 0.667. The summed E-state index contributed by atoms with van der Waals surface area (Å²) in [4.78, 5) is 41.9. The van der Waals surface area contributed by atoms with Crippen molar-refractivity contribution in [1.82, 2.24) is 20.4 Å². The highest BCUT2D eigenvalue weighted by Crippen LogP contribution is 2.31. The second-order valence-electron chi connectivity index (χ2n) is 10.8. The summed E-state index contributed by atoms with van der Waals surface area (Å²) in [7, 11) is 1.71. The zero-order valence-corrected chi connectivity index (χ0v) is 22.8. The van der Waals surface area contributed by atoms with Crippen LogP contribution in [0.2, 0.25) is 0 Å². The molecule has 3 rings (SSSR count). The Morgan fingerprint density at radius 2 is 1.89 bits per heavy atom. The number of nitrogens with one attached hydrogen (secondary N) is 3. The van der Waals surface area contributed by atoms with Gasteiger partial charge in [0.2, 0.25) is 0 Å². The Hall–Kier alpha value is -3.01. The number of likely N-dealkylation sites (N-methyl/N-ethyl adjacent to an activating group) is 1. The maximum absolute atomic E-state index is 13.6. The lowest BCUT2D eigenvalue weighted by atomic mass is 9.96. The normalized spacial score (nSPS) is 21.3. The number of aliphatic hydroxyl groups is 1. The van der Waals surface area contributed by atoms with Crippen molar-refractivity contribution in [3.05, 3.63) is 23.8 Å². The van der Waals surface area contributed by atoms with Crippen LogP contribution in [-0.4, -0.2) is 83.8 Å². The Kier molecular flexibility index (Phi) is 10.0. The average molecular weight is 518 g/mol. The van der Waals surface area contributed by atoms with Gasteiger partial charge in [0.05, 0.1) is 24.8 Å². The largest absolute Gasteiger partial charge is 0.487 e. The molecule has 1 saturated carbocycles. The Morgan fingerprint density at radius 3 is 2.54 bits per heavy atom. The van der Waals surface area contributed by atoms with Gasteiger partial charge in [-0.15, -0.1) is 0 Å². The van der Waals surface area contributed by atoms with E-state index in [0.717, 1.165) is 25.7 Å². The molecule has 1 aliphatic carbocycles. The van der Waals surface area contributed by atoms with Crippen LogP contribution in [0.4, 0.5) is 15.3 Å². The van der Waals surface area contributed by atoms with Crippen LogP contribution in [0.5, 0.6) is 5.75 Å². The fourth-order valence-electron chi connectivity index (χ4n) is 4.83. The maximum Gasteiger partial charge on any atom is 0.319 e. The molecule has 206 valence electrons. The Balaban J connectivity index is 1.83. The summed E-state index contributed by atoms with van der Waals surface area (Å²) in [6, 6.07) is 4.29. The summed E-state index contributed by atoms with van der Waals surface area (Å²) in [5, 5.41) is 18.6. The molecule has 0 bridgehead atoms. The van der Waals surface area contributed by atoms with Gasteiger partial charge >= 0.3 is 12.1 Å². The Morgan fingerprint density at radius 1 is 1.19 bits per heavy atom. The van der Waals surface area contributed by atoms with Crippen molar-refractivity contribution in [2.24, 2.45) is 5.92 Å². The zero-order chi connectivity index (χ0) is 27.1. The van der Waals surface area contributed by atoms with Crippen LogP contribution in [0.1, 0.15) is 70.2 Å². The number of fused-ring (bicyclic) bond motifs is 1. The van der Waals surface area contributed by atoms with Gasteiger partial charge in [-0.3, -0.25) is 4.79 Å². The molecule has 0 saturated heterocycles. The monoisotopic (exact) mass is 517 g/mol. The number of carbonyl (C=O) groups excluding carboxylic acids is 3. The molecule has 0 aromatic heterocycles. The van der Waals surface area contributed by atoms with Crippen LogP contribution < -0.4 is 20.7 Å². The first-order chi connectivity index (χ1) is 17.6. The minimum Gasteiger partial charge on any atom is -0.487 e. The predicted octanol–water partition coefficient (Wildman–Crippen LogP) is 3.41. The van der Waals surface area contributed by atoms with Gasteiger partial charge in [-0.2, -0.15) is 0 Å². The molecule has 4 N–H and O–H groups in total. The summed E-state index contributed by atoms with van der Waals surface area (Å²) in [6.45, 7) is 8.05. The molecule has 1 aromatic carbocycles. The van der Waals surface area contributed by atoms with Crippen molar-refractivity contribution in [2.45, 2.75) is 84.0 Å². The predicted molar refractivity (Wildman–Crippen MR) is 143 cm³/mol. The smallest absolute Gasteiger partial charge is 0.319 e. The molecule has 0 unspecified atom stereocenters. The summed E-state index contributed by atoms with van der Waals surface area (Å²) < 4.78 is 6.33. The first-order valence-electron chi connectivity index (χ1n) is 13.4. The first-order valence-corrected chi connectivity index (χ1v) is 13.4. The van der Waals surface area contributed by atoms with Crippen LogP contribution in [-0.2, 0) is 0 Å². The average Bonchev–Trinajstić information content (AvgIpc) is 2.86.